The summed E-state index contributed by atoms with van der Waals surface area (Å²) < 4.78 is 17.7. The number of halogens is 1. The van der Waals surface area contributed by atoms with Crippen molar-refractivity contribution in [3.8, 4) is 5.69 Å². The average molecular weight is 558 g/mol. The van der Waals surface area contributed by atoms with Gasteiger partial charge in [-0.05, 0) is 97.8 Å². The smallest absolute Gasteiger partial charge is 0.203 e. The van der Waals surface area contributed by atoms with Crippen molar-refractivity contribution in [2.24, 2.45) is 5.41 Å². The van der Waals surface area contributed by atoms with Crippen LogP contribution in [0.1, 0.15) is 40.3 Å². The molecule has 3 aliphatic rings. The van der Waals surface area contributed by atoms with Crippen LogP contribution in [0.15, 0.2) is 76.8 Å². The SMILES string of the molecule is O=C(c1nccs1)C12Cc3cnn(-c4ccc(F)cc4)c3C=C1CCN(Sc1ccc(N3CCCC3)cc1)C2. The van der Waals surface area contributed by atoms with Gasteiger partial charge in [0.05, 0.1) is 23.0 Å². The molecule has 0 radical (unpaired) electrons. The highest BCUT2D eigenvalue weighted by atomic mass is 32.2. The molecule has 2 aliphatic heterocycles. The van der Waals surface area contributed by atoms with Gasteiger partial charge in [0.25, 0.3) is 0 Å². The van der Waals surface area contributed by atoms with E-state index in [1.165, 1.54) is 46.9 Å². The zero-order valence-electron chi connectivity index (χ0n) is 21.4. The first kappa shape index (κ1) is 24.7. The minimum Gasteiger partial charge on any atom is -0.372 e. The summed E-state index contributed by atoms with van der Waals surface area (Å²) in [5.41, 5.74) is 4.52. The number of fused-ring (bicyclic) bond motifs is 2. The molecule has 0 spiro atoms. The summed E-state index contributed by atoms with van der Waals surface area (Å²) in [4.78, 5) is 22.2. The molecular formula is C30H28FN5OS2. The number of aromatic nitrogens is 3. The third-order valence-corrected chi connectivity index (χ3v) is 9.88. The van der Waals surface area contributed by atoms with Crippen LogP contribution in [0.5, 0.6) is 0 Å². The zero-order valence-corrected chi connectivity index (χ0v) is 23.1. The topological polar surface area (TPSA) is 54.3 Å². The molecule has 2 saturated heterocycles. The molecule has 2 aromatic carbocycles. The first-order valence-corrected chi connectivity index (χ1v) is 15.0. The molecule has 1 atom stereocenters. The van der Waals surface area contributed by atoms with E-state index in [1.54, 1.807) is 30.3 Å². The summed E-state index contributed by atoms with van der Waals surface area (Å²) in [5.74, 6) is -0.194. The van der Waals surface area contributed by atoms with Gasteiger partial charge in [-0.2, -0.15) is 5.10 Å². The largest absolute Gasteiger partial charge is 0.372 e. The second-order valence-electron chi connectivity index (χ2n) is 10.4. The van der Waals surface area contributed by atoms with Crippen molar-refractivity contribution >= 4 is 40.8 Å². The molecule has 198 valence electrons. The number of hydrogen-bond acceptors (Lipinski definition) is 7. The lowest BCUT2D eigenvalue weighted by molar-refractivity contribution is 0.0781. The van der Waals surface area contributed by atoms with Gasteiger partial charge in [0.2, 0.25) is 5.78 Å². The molecule has 39 heavy (non-hydrogen) atoms. The van der Waals surface area contributed by atoms with Gasteiger partial charge in [0.1, 0.15) is 5.82 Å². The Morgan fingerprint density at radius 3 is 2.51 bits per heavy atom. The van der Waals surface area contributed by atoms with Crippen LogP contribution < -0.4 is 4.90 Å². The number of nitrogens with zero attached hydrogens (tertiary/aromatic N) is 5. The fourth-order valence-electron chi connectivity index (χ4n) is 6.06. The van der Waals surface area contributed by atoms with E-state index in [4.69, 9.17) is 0 Å². The van der Waals surface area contributed by atoms with Crippen LogP contribution in [0.4, 0.5) is 10.1 Å². The van der Waals surface area contributed by atoms with Crippen LogP contribution in [0, 0.1) is 11.2 Å². The number of carbonyl (C=O) groups excluding carboxylic acids is 1. The number of thiazole rings is 1. The summed E-state index contributed by atoms with van der Waals surface area (Å²) >= 11 is 3.14. The van der Waals surface area contributed by atoms with Crippen molar-refractivity contribution in [2.75, 3.05) is 31.1 Å². The number of benzene rings is 2. The lowest BCUT2D eigenvalue weighted by Crippen LogP contribution is -2.49. The second kappa shape index (κ2) is 10.0. The fourth-order valence-corrected chi connectivity index (χ4v) is 7.76. The second-order valence-corrected chi connectivity index (χ2v) is 12.5. The third-order valence-electron chi connectivity index (χ3n) is 8.06. The normalized spacial score (nSPS) is 20.9. The van der Waals surface area contributed by atoms with Crippen molar-refractivity contribution in [3.05, 3.63) is 94.0 Å². The quantitative estimate of drug-likeness (QED) is 0.205. The van der Waals surface area contributed by atoms with Crippen molar-refractivity contribution in [3.63, 3.8) is 0 Å². The fraction of sp³-hybridized carbons (Fsp3) is 0.300. The minimum atomic E-state index is -0.692. The molecule has 2 fully saturated rings. The van der Waals surface area contributed by atoms with Crippen molar-refractivity contribution in [1.29, 1.82) is 0 Å². The molecule has 0 amide bonds. The zero-order chi connectivity index (χ0) is 26.4. The van der Waals surface area contributed by atoms with E-state index in [0.29, 0.717) is 18.0 Å². The molecule has 6 nitrogen and oxygen atoms in total. The Kier molecular flexibility index (Phi) is 6.37. The Morgan fingerprint density at radius 1 is 1.00 bits per heavy atom. The Labute approximate surface area is 235 Å². The van der Waals surface area contributed by atoms with Gasteiger partial charge in [-0.25, -0.2) is 18.4 Å². The van der Waals surface area contributed by atoms with E-state index in [2.05, 4.69) is 49.6 Å². The van der Waals surface area contributed by atoms with Gasteiger partial charge in [-0.15, -0.1) is 11.3 Å². The Morgan fingerprint density at radius 2 is 1.77 bits per heavy atom. The molecule has 0 N–H and O–H groups in total. The molecule has 0 bridgehead atoms. The maximum Gasteiger partial charge on any atom is 0.203 e. The predicted molar refractivity (Wildman–Crippen MR) is 154 cm³/mol. The molecule has 2 aromatic heterocycles. The monoisotopic (exact) mass is 557 g/mol. The number of hydrogen-bond donors (Lipinski definition) is 0. The van der Waals surface area contributed by atoms with Crippen LogP contribution in [0.2, 0.25) is 0 Å². The summed E-state index contributed by atoms with van der Waals surface area (Å²) in [6, 6.07) is 15.2. The van der Waals surface area contributed by atoms with Crippen molar-refractivity contribution in [2.45, 2.75) is 30.6 Å². The van der Waals surface area contributed by atoms with Gasteiger partial charge in [-0.1, -0.05) is 5.57 Å². The molecule has 4 aromatic rings. The Bertz CT molecular complexity index is 1520. The number of Topliss-reactive ketones (excluding diaryl/α,β-unsaturated/α-hetero) is 1. The minimum absolute atomic E-state index is 0.0820. The first-order valence-electron chi connectivity index (χ1n) is 13.4. The first-order chi connectivity index (χ1) is 19.1. The van der Waals surface area contributed by atoms with Crippen LogP contribution in [-0.4, -0.2) is 51.0 Å². The van der Waals surface area contributed by atoms with E-state index >= 15 is 0 Å². The van der Waals surface area contributed by atoms with Crippen LogP contribution in [0.3, 0.4) is 0 Å². The van der Waals surface area contributed by atoms with E-state index in [1.807, 2.05) is 16.3 Å². The predicted octanol–water partition coefficient (Wildman–Crippen LogP) is 6.29. The summed E-state index contributed by atoms with van der Waals surface area (Å²) in [6.07, 6.45) is 9.58. The molecule has 4 heterocycles. The summed E-state index contributed by atoms with van der Waals surface area (Å²) in [5, 5.41) is 7.06. The lowest BCUT2D eigenvalue weighted by Gasteiger charge is -2.44. The summed E-state index contributed by atoms with van der Waals surface area (Å²) in [7, 11) is 0. The average Bonchev–Trinajstić information content (AvgIpc) is 3.75. The molecule has 1 aliphatic carbocycles. The number of ketones is 1. The van der Waals surface area contributed by atoms with E-state index in [9.17, 15) is 9.18 Å². The lowest BCUT2D eigenvalue weighted by atomic mass is 9.66. The highest BCUT2D eigenvalue weighted by molar-refractivity contribution is 7.97. The Balaban J connectivity index is 1.19. The molecular weight excluding hydrogens is 529 g/mol. The highest BCUT2D eigenvalue weighted by Gasteiger charge is 2.49. The number of anilines is 1. The maximum atomic E-state index is 14.1. The molecule has 9 heteroatoms. The van der Waals surface area contributed by atoms with Gasteiger partial charge in [-0.3, -0.25) is 4.79 Å². The van der Waals surface area contributed by atoms with Gasteiger partial charge in [0.15, 0.2) is 5.01 Å². The Hall–Kier alpha value is -3.27. The molecule has 1 unspecified atom stereocenters. The van der Waals surface area contributed by atoms with E-state index < -0.39 is 5.41 Å². The molecule has 0 saturated carbocycles. The maximum absolute atomic E-state index is 14.1. The summed E-state index contributed by atoms with van der Waals surface area (Å²) in [6.45, 7) is 3.72. The van der Waals surface area contributed by atoms with Crippen LogP contribution >= 0.6 is 23.3 Å². The van der Waals surface area contributed by atoms with Crippen molar-refractivity contribution in [1.82, 2.24) is 19.1 Å². The highest BCUT2D eigenvalue weighted by Crippen LogP contribution is 2.48. The van der Waals surface area contributed by atoms with E-state index in [-0.39, 0.29) is 11.6 Å². The van der Waals surface area contributed by atoms with E-state index in [0.717, 1.165) is 48.6 Å². The number of piperidine rings is 1. The molecule has 7 rings (SSSR count). The standard InChI is InChI=1S/C30H28FN5OS2/c31-23-3-5-25(6-4-23)36-27-17-22-11-15-35(39-26-9-7-24(8-10-26)34-13-1-2-14-34)20-30(22,18-21(27)19-33-36)28(37)29-32-12-16-38-29/h3-10,12,16-17,19H,1-2,11,13-15,18,20H2. The number of rotatable bonds is 6. The van der Waals surface area contributed by atoms with Crippen molar-refractivity contribution < 1.29 is 9.18 Å². The van der Waals surface area contributed by atoms with Gasteiger partial charge < -0.3 is 4.90 Å². The van der Waals surface area contributed by atoms with Crippen LogP contribution in [-0.2, 0) is 6.42 Å². The number of carbonyl (C=O) groups is 1. The van der Waals surface area contributed by atoms with Gasteiger partial charge >= 0.3 is 0 Å². The van der Waals surface area contributed by atoms with Gasteiger partial charge in [0, 0.05) is 48.3 Å². The third kappa shape index (κ3) is 4.52. The van der Waals surface area contributed by atoms with Crippen LogP contribution in [0.25, 0.3) is 11.8 Å².